The van der Waals surface area contributed by atoms with Crippen molar-refractivity contribution in [2.24, 2.45) is 5.73 Å². The summed E-state index contributed by atoms with van der Waals surface area (Å²) in [6.45, 7) is 18.1. The number of aryl methyl sites for hydroxylation is 2. The van der Waals surface area contributed by atoms with Crippen molar-refractivity contribution in [1.29, 1.82) is 0 Å². The molecule has 2 amide bonds. The van der Waals surface area contributed by atoms with Crippen molar-refractivity contribution in [1.82, 2.24) is 19.6 Å². The highest BCUT2D eigenvalue weighted by Crippen LogP contribution is 2.39. The molecule has 10 nitrogen and oxygen atoms in total. The SMILES string of the molecule is CC(=O)N1CCC(n2c([C@H](CCO[Si](C)(C)C(C)(C)C)OC(N)=O)nc3cc(-c4c(C)noc4C)ccc32)CC1. The fourth-order valence-electron chi connectivity index (χ4n) is 5.24. The Morgan fingerprint density at radius 3 is 2.42 bits per heavy atom. The van der Waals surface area contributed by atoms with E-state index in [1.165, 1.54) is 0 Å². The fraction of sp³-hybridized carbons (Fsp3) is 0.586. The van der Waals surface area contributed by atoms with Crippen molar-refractivity contribution in [3.05, 3.63) is 35.5 Å². The molecule has 11 heteroatoms. The second-order valence-corrected chi connectivity index (χ2v) is 17.1. The Hall–Kier alpha value is -3.18. The standard InChI is InChI=1S/C29H43N5O5Si/c1-18-26(19(2)39-32-18)21-9-10-24-23(17-21)31-27(34(24)22-11-14-33(15-12-22)20(3)35)25(38-28(30)36)13-16-37-40(7,8)29(4,5)6/h9-10,17,22,25H,11-16H2,1-8H3,(H2,30,36)/t25-/m0/s1. The highest BCUT2D eigenvalue weighted by molar-refractivity contribution is 6.74. The Labute approximate surface area is 237 Å². The Balaban J connectivity index is 1.75. The summed E-state index contributed by atoms with van der Waals surface area (Å²) >= 11 is 0. The van der Waals surface area contributed by atoms with Crippen LogP contribution in [0.1, 0.15) is 76.4 Å². The first-order chi connectivity index (χ1) is 18.7. The van der Waals surface area contributed by atoms with Crippen LogP contribution in [0, 0.1) is 13.8 Å². The van der Waals surface area contributed by atoms with E-state index in [1.54, 1.807) is 6.92 Å². The van der Waals surface area contributed by atoms with E-state index in [4.69, 9.17) is 24.4 Å². The fourth-order valence-corrected chi connectivity index (χ4v) is 6.30. The van der Waals surface area contributed by atoms with E-state index in [2.05, 4.69) is 49.7 Å². The molecule has 1 saturated heterocycles. The van der Waals surface area contributed by atoms with Crippen molar-refractivity contribution in [2.45, 2.75) is 91.1 Å². The molecule has 1 atom stereocenters. The van der Waals surface area contributed by atoms with E-state index < -0.39 is 20.5 Å². The number of piperidine rings is 1. The quantitative estimate of drug-likeness (QED) is 0.328. The molecule has 1 aromatic carbocycles. The van der Waals surface area contributed by atoms with Crippen LogP contribution < -0.4 is 5.73 Å². The van der Waals surface area contributed by atoms with Gasteiger partial charge in [0.2, 0.25) is 5.91 Å². The number of rotatable bonds is 8. The largest absolute Gasteiger partial charge is 0.438 e. The number of aromatic nitrogens is 3. The van der Waals surface area contributed by atoms with Gasteiger partial charge in [0.1, 0.15) is 5.76 Å². The number of ether oxygens (including phenoxy) is 1. The van der Waals surface area contributed by atoms with Gasteiger partial charge in [-0.05, 0) is 62.5 Å². The van der Waals surface area contributed by atoms with Crippen LogP contribution in [0.3, 0.4) is 0 Å². The highest BCUT2D eigenvalue weighted by atomic mass is 28.4. The zero-order valence-corrected chi connectivity index (χ0v) is 26.0. The molecule has 0 radical (unpaired) electrons. The summed E-state index contributed by atoms with van der Waals surface area (Å²) in [6.07, 6.45) is 0.449. The van der Waals surface area contributed by atoms with Crippen molar-refractivity contribution in [3.63, 3.8) is 0 Å². The van der Waals surface area contributed by atoms with E-state index in [0.29, 0.717) is 31.9 Å². The monoisotopic (exact) mass is 569 g/mol. The molecule has 0 saturated carbocycles. The van der Waals surface area contributed by atoms with Crippen molar-refractivity contribution in [3.8, 4) is 11.1 Å². The molecule has 40 heavy (non-hydrogen) atoms. The van der Waals surface area contributed by atoms with Gasteiger partial charge in [0, 0.05) is 44.6 Å². The van der Waals surface area contributed by atoms with Gasteiger partial charge in [-0.1, -0.05) is 32.0 Å². The minimum Gasteiger partial charge on any atom is -0.438 e. The summed E-state index contributed by atoms with van der Waals surface area (Å²) in [7, 11) is -2.01. The van der Waals surface area contributed by atoms with Gasteiger partial charge >= 0.3 is 6.09 Å². The summed E-state index contributed by atoms with van der Waals surface area (Å²) in [6, 6.07) is 6.21. The maximum absolute atomic E-state index is 12.1. The Kier molecular flexibility index (Phi) is 8.46. The van der Waals surface area contributed by atoms with Gasteiger partial charge in [0.15, 0.2) is 20.2 Å². The Bertz CT molecular complexity index is 1360. The normalized spacial score (nSPS) is 15.9. The van der Waals surface area contributed by atoms with Gasteiger partial charge in [-0.15, -0.1) is 0 Å². The van der Waals surface area contributed by atoms with Crippen LogP contribution in [0.5, 0.6) is 0 Å². The van der Waals surface area contributed by atoms with Crippen molar-refractivity contribution in [2.75, 3.05) is 19.7 Å². The third-order valence-corrected chi connectivity index (χ3v) is 13.0. The average Bonchev–Trinajstić information content (AvgIpc) is 3.41. The summed E-state index contributed by atoms with van der Waals surface area (Å²) < 4.78 is 19.7. The van der Waals surface area contributed by atoms with Crippen LogP contribution in [-0.2, 0) is 14.0 Å². The summed E-state index contributed by atoms with van der Waals surface area (Å²) in [4.78, 5) is 31.0. The number of primary amides is 1. The Morgan fingerprint density at radius 2 is 1.88 bits per heavy atom. The first-order valence-corrected chi connectivity index (χ1v) is 16.9. The number of likely N-dealkylation sites (tertiary alicyclic amines) is 1. The van der Waals surface area contributed by atoms with Crippen LogP contribution in [0.4, 0.5) is 4.79 Å². The van der Waals surface area contributed by atoms with Crippen LogP contribution in [0.25, 0.3) is 22.2 Å². The van der Waals surface area contributed by atoms with E-state index in [9.17, 15) is 9.59 Å². The lowest BCUT2D eigenvalue weighted by Crippen LogP contribution is -2.41. The predicted octanol–water partition coefficient (Wildman–Crippen LogP) is 6.04. The Morgan fingerprint density at radius 1 is 1.20 bits per heavy atom. The van der Waals surface area contributed by atoms with E-state index in [-0.39, 0.29) is 17.0 Å². The number of hydrogen-bond acceptors (Lipinski definition) is 7. The highest BCUT2D eigenvalue weighted by Gasteiger charge is 2.38. The van der Waals surface area contributed by atoms with Gasteiger partial charge in [0.05, 0.1) is 16.7 Å². The molecule has 218 valence electrons. The molecule has 0 unspecified atom stereocenters. The minimum atomic E-state index is -2.01. The van der Waals surface area contributed by atoms with Gasteiger partial charge in [0.25, 0.3) is 0 Å². The number of amides is 2. The predicted molar refractivity (Wildman–Crippen MR) is 156 cm³/mol. The van der Waals surface area contributed by atoms with Crippen LogP contribution in [0.2, 0.25) is 18.1 Å². The third-order valence-electron chi connectivity index (χ3n) is 8.51. The van der Waals surface area contributed by atoms with Gasteiger partial charge in [-0.25, -0.2) is 9.78 Å². The maximum Gasteiger partial charge on any atom is 0.405 e. The molecule has 1 aliphatic rings. The smallest absolute Gasteiger partial charge is 0.405 e. The van der Waals surface area contributed by atoms with E-state index in [1.807, 2.05) is 30.9 Å². The zero-order chi connectivity index (χ0) is 29.4. The van der Waals surface area contributed by atoms with Crippen LogP contribution in [-0.4, -0.2) is 59.6 Å². The molecule has 0 aliphatic carbocycles. The number of nitrogens with zero attached hydrogens (tertiary/aromatic N) is 4. The van der Waals surface area contributed by atoms with Crippen molar-refractivity contribution >= 4 is 31.4 Å². The molecule has 1 fully saturated rings. The molecule has 3 aromatic rings. The molecule has 2 aromatic heterocycles. The number of hydrogen-bond donors (Lipinski definition) is 1. The molecular weight excluding hydrogens is 526 g/mol. The second kappa shape index (κ2) is 11.4. The number of carbonyl (C=O) groups excluding carboxylic acids is 2. The number of carbonyl (C=O) groups is 2. The lowest BCUT2D eigenvalue weighted by molar-refractivity contribution is -0.130. The van der Waals surface area contributed by atoms with Gasteiger partial charge in [-0.2, -0.15) is 0 Å². The minimum absolute atomic E-state index is 0.0550. The lowest BCUT2D eigenvalue weighted by atomic mass is 10.0. The maximum atomic E-state index is 12.1. The molecular formula is C29H43N5O5Si. The number of imidazole rings is 1. The average molecular weight is 570 g/mol. The summed E-state index contributed by atoms with van der Waals surface area (Å²) in [5.41, 5.74) is 10.00. The van der Waals surface area contributed by atoms with Crippen LogP contribution >= 0.6 is 0 Å². The zero-order valence-electron chi connectivity index (χ0n) is 25.0. The number of nitrogens with two attached hydrogens (primary N) is 1. The summed E-state index contributed by atoms with van der Waals surface area (Å²) in [5.74, 6) is 1.46. The number of benzene rings is 1. The van der Waals surface area contributed by atoms with Crippen molar-refractivity contribution < 1.29 is 23.3 Å². The topological polar surface area (TPSA) is 126 Å². The van der Waals surface area contributed by atoms with Gasteiger partial charge < -0.3 is 28.9 Å². The number of fused-ring (bicyclic) bond motifs is 1. The molecule has 3 heterocycles. The molecule has 0 bridgehead atoms. The second-order valence-electron chi connectivity index (χ2n) is 12.3. The molecule has 2 N–H and O–H groups in total. The summed E-state index contributed by atoms with van der Waals surface area (Å²) in [5, 5.41) is 4.16. The first kappa shape index (κ1) is 29.8. The molecule has 0 spiro atoms. The van der Waals surface area contributed by atoms with E-state index >= 15 is 0 Å². The first-order valence-electron chi connectivity index (χ1n) is 14.0. The van der Waals surface area contributed by atoms with Crippen LogP contribution in [0.15, 0.2) is 22.7 Å². The van der Waals surface area contributed by atoms with Gasteiger partial charge in [-0.3, -0.25) is 4.79 Å². The lowest BCUT2D eigenvalue weighted by Gasteiger charge is -2.36. The van der Waals surface area contributed by atoms with E-state index in [0.717, 1.165) is 46.5 Å². The third kappa shape index (κ3) is 6.10. The molecule has 4 rings (SSSR count). The molecule has 1 aliphatic heterocycles.